The fourth-order valence-electron chi connectivity index (χ4n) is 3.07. The van der Waals surface area contributed by atoms with Gasteiger partial charge < -0.3 is 9.73 Å². The van der Waals surface area contributed by atoms with E-state index in [0.717, 1.165) is 17.0 Å². The Bertz CT molecular complexity index is 1250. The summed E-state index contributed by atoms with van der Waals surface area (Å²) in [5, 5.41) is 22.3. The molecule has 1 unspecified atom stereocenters. The normalized spacial score (nSPS) is 11.8. The first-order chi connectivity index (χ1) is 15.4. The van der Waals surface area contributed by atoms with Gasteiger partial charge in [0.25, 0.3) is 5.69 Å². The van der Waals surface area contributed by atoms with Crippen molar-refractivity contribution in [3.63, 3.8) is 0 Å². The molecule has 1 N–H and O–H groups in total. The number of anilines is 1. The van der Waals surface area contributed by atoms with Crippen molar-refractivity contribution in [1.82, 2.24) is 14.8 Å². The van der Waals surface area contributed by atoms with E-state index >= 15 is 0 Å². The molecule has 0 aliphatic rings. The Hall–Kier alpha value is -3.92. The molecular weight excluding hydrogens is 430 g/mol. The standard InChI is InChI=1S/C22H19N5O4S/c1-14-19(12-13-31-14)20-24-25-22(26(20)17-6-4-3-5-7-17)32-15(2)21(28)23-16-8-10-18(11-9-16)27(29)30/h3-13,15H,1-2H3,(H,23,28). The number of hydrogen-bond acceptors (Lipinski definition) is 7. The predicted molar refractivity (Wildman–Crippen MR) is 121 cm³/mol. The lowest BCUT2D eigenvalue weighted by Gasteiger charge is -2.14. The first-order valence-electron chi connectivity index (χ1n) is 9.71. The molecule has 0 spiro atoms. The molecule has 0 saturated heterocycles. The zero-order valence-corrected chi connectivity index (χ0v) is 18.1. The van der Waals surface area contributed by atoms with E-state index in [9.17, 15) is 14.9 Å². The second kappa shape index (κ2) is 9.06. The second-order valence-corrected chi connectivity index (χ2v) is 8.23. The minimum atomic E-state index is -0.504. The number of non-ortho nitro benzene ring substituents is 1. The molecule has 1 amide bonds. The highest BCUT2D eigenvalue weighted by Crippen LogP contribution is 2.32. The third-order valence-corrected chi connectivity index (χ3v) is 5.79. The summed E-state index contributed by atoms with van der Waals surface area (Å²) in [6, 6.07) is 17.2. The van der Waals surface area contributed by atoms with Gasteiger partial charge in [-0.2, -0.15) is 0 Å². The third-order valence-electron chi connectivity index (χ3n) is 4.74. The fourth-order valence-corrected chi connectivity index (χ4v) is 3.94. The molecule has 0 aliphatic heterocycles. The Labute approximate surface area is 187 Å². The number of thioether (sulfide) groups is 1. The van der Waals surface area contributed by atoms with E-state index < -0.39 is 10.2 Å². The van der Waals surface area contributed by atoms with Gasteiger partial charge in [-0.05, 0) is 44.2 Å². The molecule has 9 nitrogen and oxygen atoms in total. The van der Waals surface area contributed by atoms with E-state index in [0.29, 0.717) is 16.7 Å². The van der Waals surface area contributed by atoms with Gasteiger partial charge in [-0.1, -0.05) is 30.0 Å². The Balaban J connectivity index is 1.58. The molecule has 0 aliphatic carbocycles. The van der Waals surface area contributed by atoms with Crippen LogP contribution in [0.5, 0.6) is 0 Å². The summed E-state index contributed by atoms with van der Waals surface area (Å²) in [7, 11) is 0. The van der Waals surface area contributed by atoms with Gasteiger partial charge in [-0.3, -0.25) is 19.5 Å². The van der Waals surface area contributed by atoms with E-state index in [1.165, 1.54) is 36.0 Å². The van der Waals surface area contributed by atoms with Gasteiger partial charge in [0.15, 0.2) is 11.0 Å². The largest absolute Gasteiger partial charge is 0.469 e. The van der Waals surface area contributed by atoms with Crippen molar-refractivity contribution < 1.29 is 14.1 Å². The number of nitrogens with one attached hydrogen (secondary N) is 1. The first kappa shape index (κ1) is 21.3. The molecule has 0 fully saturated rings. The Kier molecular flexibility index (Phi) is 6.04. The van der Waals surface area contributed by atoms with E-state index in [1.807, 2.05) is 47.9 Å². The zero-order chi connectivity index (χ0) is 22.7. The average Bonchev–Trinajstić information content (AvgIpc) is 3.40. The van der Waals surface area contributed by atoms with Crippen LogP contribution >= 0.6 is 11.8 Å². The van der Waals surface area contributed by atoms with Gasteiger partial charge in [-0.15, -0.1) is 10.2 Å². The lowest BCUT2D eigenvalue weighted by Crippen LogP contribution is -2.22. The van der Waals surface area contributed by atoms with Gasteiger partial charge in [-0.25, -0.2) is 0 Å². The number of nitro benzene ring substituents is 1. The molecule has 162 valence electrons. The van der Waals surface area contributed by atoms with Crippen LogP contribution in [0.1, 0.15) is 12.7 Å². The highest BCUT2D eigenvalue weighted by Gasteiger charge is 2.23. The number of aromatic nitrogens is 3. The van der Waals surface area contributed by atoms with Crippen molar-refractivity contribution in [1.29, 1.82) is 0 Å². The molecular formula is C22H19N5O4S. The van der Waals surface area contributed by atoms with Crippen LogP contribution in [0.2, 0.25) is 0 Å². The Morgan fingerprint density at radius 2 is 1.84 bits per heavy atom. The first-order valence-corrected chi connectivity index (χ1v) is 10.6. The van der Waals surface area contributed by atoms with Crippen LogP contribution in [0, 0.1) is 17.0 Å². The van der Waals surface area contributed by atoms with Crippen molar-refractivity contribution in [3.8, 4) is 17.1 Å². The molecule has 4 rings (SSSR count). The average molecular weight is 449 g/mol. The zero-order valence-electron chi connectivity index (χ0n) is 17.3. The minimum absolute atomic E-state index is 0.0385. The highest BCUT2D eigenvalue weighted by molar-refractivity contribution is 8.00. The number of rotatable bonds is 7. The number of nitrogens with zero attached hydrogens (tertiary/aromatic N) is 4. The Morgan fingerprint density at radius 3 is 2.47 bits per heavy atom. The third kappa shape index (κ3) is 4.40. The van der Waals surface area contributed by atoms with Crippen LogP contribution in [0.15, 0.2) is 76.5 Å². The summed E-state index contributed by atoms with van der Waals surface area (Å²) in [5.41, 5.74) is 2.12. The molecule has 4 aromatic rings. The van der Waals surface area contributed by atoms with Crippen LogP contribution in [-0.2, 0) is 4.79 Å². The van der Waals surface area contributed by atoms with Crippen molar-refractivity contribution in [2.75, 3.05) is 5.32 Å². The monoisotopic (exact) mass is 449 g/mol. The second-order valence-electron chi connectivity index (χ2n) is 6.92. The minimum Gasteiger partial charge on any atom is -0.469 e. The summed E-state index contributed by atoms with van der Waals surface area (Å²) >= 11 is 1.26. The Morgan fingerprint density at radius 1 is 1.12 bits per heavy atom. The van der Waals surface area contributed by atoms with Crippen molar-refractivity contribution >= 4 is 29.0 Å². The van der Waals surface area contributed by atoms with Gasteiger partial charge in [0.2, 0.25) is 5.91 Å². The number of carbonyl (C=O) groups is 1. The summed E-state index contributed by atoms with van der Waals surface area (Å²) in [5.74, 6) is 1.08. The van der Waals surface area contributed by atoms with E-state index in [2.05, 4.69) is 15.5 Å². The van der Waals surface area contributed by atoms with Crippen LogP contribution in [0.25, 0.3) is 17.1 Å². The van der Waals surface area contributed by atoms with E-state index in [-0.39, 0.29) is 11.6 Å². The highest BCUT2D eigenvalue weighted by atomic mass is 32.2. The number of nitro groups is 1. The van der Waals surface area contributed by atoms with Crippen molar-refractivity contribution in [2.24, 2.45) is 0 Å². The molecule has 0 bridgehead atoms. The van der Waals surface area contributed by atoms with Gasteiger partial charge >= 0.3 is 0 Å². The van der Waals surface area contributed by atoms with E-state index in [4.69, 9.17) is 4.42 Å². The maximum absolute atomic E-state index is 12.7. The predicted octanol–water partition coefficient (Wildman–Crippen LogP) is 4.86. The topological polar surface area (TPSA) is 116 Å². The summed E-state index contributed by atoms with van der Waals surface area (Å²) in [6.07, 6.45) is 1.60. The lowest BCUT2D eigenvalue weighted by atomic mass is 10.2. The lowest BCUT2D eigenvalue weighted by molar-refractivity contribution is -0.384. The molecule has 32 heavy (non-hydrogen) atoms. The number of furan rings is 1. The SMILES string of the molecule is Cc1occc1-c1nnc(SC(C)C(=O)Nc2ccc([N+](=O)[O-])cc2)n1-c1ccccc1. The van der Waals surface area contributed by atoms with Gasteiger partial charge in [0, 0.05) is 23.5 Å². The maximum atomic E-state index is 12.7. The smallest absolute Gasteiger partial charge is 0.269 e. The number of para-hydroxylation sites is 1. The van der Waals surface area contributed by atoms with Crippen LogP contribution < -0.4 is 5.32 Å². The van der Waals surface area contributed by atoms with Crippen LogP contribution in [0.3, 0.4) is 0 Å². The fraction of sp³-hybridized carbons (Fsp3) is 0.136. The molecule has 2 heterocycles. The van der Waals surface area contributed by atoms with Gasteiger partial charge in [0.05, 0.1) is 22.0 Å². The number of amides is 1. The molecule has 0 radical (unpaired) electrons. The quantitative estimate of drug-likeness (QED) is 0.243. The molecule has 0 saturated carbocycles. The number of carbonyl (C=O) groups excluding carboxylic acids is 1. The molecule has 2 aromatic heterocycles. The summed E-state index contributed by atoms with van der Waals surface area (Å²) in [6.45, 7) is 3.62. The van der Waals surface area contributed by atoms with E-state index in [1.54, 1.807) is 13.2 Å². The van der Waals surface area contributed by atoms with Crippen molar-refractivity contribution in [3.05, 3.63) is 82.8 Å². The molecule has 2 aromatic carbocycles. The number of aryl methyl sites for hydroxylation is 1. The van der Waals surface area contributed by atoms with Crippen molar-refractivity contribution in [2.45, 2.75) is 24.3 Å². The number of hydrogen-bond donors (Lipinski definition) is 1. The summed E-state index contributed by atoms with van der Waals surface area (Å²) < 4.78 is 7.32. The molecule has 1 atom stereocenters. The summed E-state index contributed by atoms with van der Waals surface area (Å²) in [4.78, 5) is 23.0. The van der Waals surface area contributed by atoms with Crippen LogP contribution in [-0.4, -0.2) is 30.8 Å². The van der Waals surface area contributed by atoms with Gasteiger partial charge in [0.1, 0.15) is 5.76 Å². The number of benzene rings is 2. The van der Waals surface area contributed by atoms with Crippen LogP contribution in [0.4, 0.5) is 11.4 Å². The molecule has 10 heteroatoms. The maximum Gasteiger partial charge on any atom is 0.269 e.